The first-order valence-corrected chi connectivity index (χ1v) is 7.33. The molecule has 0 aliphatic carbocycles. The molecule has 0 unspecified atom stereocenters. The Balaban J connectivity index is 1.92. The number of para-hydroxylation sites is 1. The van der Waals surface area contributed by atoms with Gasteiger partial charge in [0.15, 0.2) is 0 Å². The van der Waals surface area contributed by atoms with Crippen molar-refractivity contribution < 1.29 is 14.3 Å². The first-order chi connectivity index (χ1) is 10.3. The molecule has 6 nitrogen and oxygen atoms in total. The molecule has 1 aromatic rings. The van der Waals surface area contributed by atoms with Crippen LogP contribution in [0.15, 0.2) is 18.2 Å². The minimum Gasteiger partial charge on any atom is -0.489 e. The number of piperazine rings is 1. The van der Waals surface area contributed by atoms with Crippen LogP contribution in [0.3, 0.4) is 0 Å². The number of hydrogen-bond donors (Lipinski definition) is 1. The van der Waals surface area contributed by atoms with Gasteiger partial charge in [0.1, 0.15) is 24.6 Å². The number of methoxy groups -OCH3 is 1. The van der Waals surface area contributed by atoms with E-state index in [1.165, 1.54) is 7.11 Å². The summed E-state index contributed by atoms with van der Waals surface area (Å²) in [5, 5.41) is 3.36. The van der Waals surface area contributed by atoms with Gasteiger partial charge in [-0.05, 0) is 12.1 Å². The number of carbonyl (C=O) groups is 1. The van der Waals surface area contributed by atoms with Gasteiger partial charge in [0.25, 0.3) is 0 Å². The van der Waals surface area contributed by atoms with Crippen LogP contribution < -0.4 is 19.9 Å². The van der Waals surface area contributed by atoms with Crippen molar-refractivity contribution >= 4 is 17.3 Å². The summed E-state index contributed by atoms with van der Waals surface area (Å²) in [6.45, 7) is 5.42. The van der Waals surface area contributed by atoms with Gasteiger partial charge in [-0.25, -0.2) is 0 Å². The zero-order valence-corrected chi connectivity index (χ0v) is 12.3. The van der Waals surface area contributed by atoms with Crippen molar-refractivity contribution in [1.82, 2.24) is 5.32 Å². The molecule has 1 fully saturated rings. The molecule has 21 heavy (non-hydrogen) atoms. The van der Waals surface area contributed by atoms with Crippen molar-refractivity contribution in [2.45, 2.75) is 0 Å². The summed E-state index contributed by atoms with van der Waals surface area (Å²) in [5.41, 5.74) is 2.15. The second-order valence-corrected chi connectivity index (χ2v) is 5.21. The monoisotopic (exact) mass is 291 g/mol. The van der Waals surface area contributed by atoms with Crippen molar-refractivity contribution in [3.05, 3.63) is 18.2 Å². The van der Waals surface area contributed by atoms with Crippen molar-refractivity contribution in [3.8, 4) is 5.75 Å². The molecular formula is C15H21N3O3. The van der Waals surface area contributed by atoms with Crippen LogP contribution >= 0.6 is 0 Å². The Bertz CT molecular complexity index is 515. The summed E-state index contributed by atoms with van der Waals surface area (Å²) in [6.07, 6.45) is 0. The molecule has 6 heteroatoms. The maximum absolute atomic E-state index is 11.6. The third kappa shape index (κ3) is 2.90. The molecule has 0 radical (unpaired) electrons. The van der Waals surface area contributed by atoms with Gasteiger partial charge < -0.3 is 24.6 Å². The van der Waals surface area contributed by atoms with Crippen LogP contribution in [0.25, 0.3) is 0 Å². The largest absolute Gasteiger partial charge is 0.489 e. The number of esters is 1. The second kappa shape index (κ2) is 6.22. The summed E-state index contributed by atoms with van der Waals surface area (Å²) in [6, 6.07) is 6.07. The van der Waals surface area contributed by atoms with E-state index in [1.54, 1.807) is 0 Å². The van der Waals surface area contributed by atoms with E-state index in [2.05, 4.69) is 21.2 Å². The average Bonchev–Trinajstić information content (AvgIpc) is 2.55. The summed E-state index contributed by atoms with van der Waals surface area (Å²) in [4.78, 5) is 16.0. The molecule has 0 amide bonds. The number of carbonyl (C=O) groups excluding carboxylic acids is 1. The van der Waals surface area contributed by atoms with Gasteiger partial charge in [0, 0.05) is 26.2 Å². The Morgan fingerprint density at radius 1 is 1.33 bits per heavy atom. The van der Waals surface area contributed by atoms with E-state index in [0.717, 1.165) is 43.3 Å². The van der Waals surface area contributed by atoms with E-state index < -0.39 is 0 Å². The Morgan fingerprint density at radius 3 is 2.90 bits per heavy atom. The zero-order valence-electron chi connectivity index (χ0n) is 12.3. The number of rotatable bonds is 3. The number of nitrogens with zero attached hydrogens (tertiary/aromatic N) is 2. The van der Waals surface area contributed by atoms with Crippen molar-refractivity contribution in [1.29, 1.82) is 0 Å². The molecule has 2 heterocycles. The molecule has 1 N–H and O–H groups in total. The summed E-state index contributed by atoms with van der Waals surface area (Å²) >= 11 is 0. The van der Waals surface area contributed by atoms with E-state index >= 15 is 0 Å². The molecule has 1 aromatic carbocycles. The molecular weight excluding hydrogens is 270 g/mol. The highest BCUT2D eigenvalue weighted by molar-refractivity contribution is 5.83. The molecule has 3 rings (SSSR count). The first-order valence-electron chi connectivity index (χ1n) is 7.33. The smallest absolute Gasteiger partial charge is 0.325 e. The van der Waals surface area contributed by atoms with Gasteiger partial charge in [-0.3, -0.25) is 4.79 Å². The third-order valence-electron chi connectivity index (χ3n) is 3.92. The van der Waals surface area contributed by atoms with Crippen LogP contribution in [-0.2, 0) is 9.53 Å². The van der Waals surface area contributed by atoms with Crippen LogP contribution in [0.2, 0.25) is 0 Å². The molecule has 1 saturated heterocycles. The second-order valence-electron chi connectivity index (χ2n) is 5.21. The van der Waals surface area contributed by atoms with E-state index in [4.69, 9.17) is 9.47 Å². The number of benzene rings is 1. The Kier molecular flexibility index (Phi) is 4.15. The minimum atomic E-state index is -0.224. The maximum Gasteiger partial charge on any atom is 0.325 e. The van der Waals surface area contributed by atoms with Gasteiger partial charge in [-0.2, -0.15) is 0 Å². The maximum atomic E-state index is 11.6. The number of nitrogens with one attached hydrogen (secondary N) is 1. The molecule has 0 atom stereocenters. The van der Waals surface area contributed by atoms with E-state index in [-0.39, 0.29) is 12.5 Å². The van der Waals surface area contributed by atoms with Crippen molar-refractivity contribution in [2.24, 2.45) is 0 Å². The lowest BCUT2D eigenvalue weighted by Crippen LogP contribution is -2.45. The predicted octanol–water partition coefficient (Wildman–Crippen LogP) is 0.468. The number of ether oxygens (including phenoxy) is 2. The van der Waals surface area contributed by atoms with Gasteiger partial charge in [0.05, 0.1) is 19.3 Å². The Labute approximate surface area is 124 Å². The van der Waals surface area contributed by atoms with Crippen LogP contribution in [0, 0.1) is 0 Å². The quantitative estimate of drug-likeness (QED) is 0.817. The van der Waals surface area contributed by atoms with Crippen LogP contribution in [0.1, 0.15) is 0 Å². The van der Waals surface area contributed by atoms with Gasteiger partial charge in [-0.1, -0.05) is 6.07 Å². The molecule has 2 aliphatic heterocycles. The SMILES string of the molecule is COC(=O)CN1CCOc2cccc(N3CCNCC3)c21. The average molecular weight is 291 g/mol. The molecule has 2 aliphatic rings. The summed E-state index contributed by atoms with van der Waals surface area (Å²) < 4.78 is 10.6. The lowest BCUT2D eigenvalue weighted by atomic mass is 10.1. The topological polar surface area (TPSA) is 54.0 Å². The Hall–Kier alpha value is -1.95. The molecule has 0 spiro atoms. The lowest BCUT2D eigenvalue weighted by molar-refractivity contribution is -0.139. The first kappa shape index (κ1) is 14.0. The fourth-order valence-electron chi connectivity index (χ4n) is 2.86. The van der Waals surface area contributed by atoms with Crippen LogP contribution in [0.4, 0.5) is 11.4 Å². The highest BCUT2D eigenvalue weighted by atomic mass is 16.5. The summed E-state index contributed by atoms with van der Waals surface area (Å²) in [5.74, 6) is 0.624. The molecule has 0 bridgehead atoms. The van der Waals surface area contributed by atoms with E-state index in [1.807, 2.05) is 12.1 Å². The summed E-state index contributed by atoms with van der Waals surface area (Å²) in [7, 11) is 1.42. The highest BCUT2D eigenvalue weighted by Crippen LogP contribution is 2.40. The van der Waals surface area contributed by atoms with Gasteiger partial charge in [0.2, 0.25) is 0 Å². The van der Waals surface area contributed by atoms with Gasteiger partial charge >= 0.3 is 5.97 Å². The lowest BCUT2D eigenvalue weighted by Gasteiger charge is -2.37. The fourth-order valence-corrected chi connectivity index (χ4v) is 2.86. The van der Waals surface area contributed by atoms with E-state index in [9.17, 15) is 4.79 Å². The normalized spacial score (nSPS) is 18.0. The molecule has 0 saturated carbocycles. The number of fused-ring (bicyclic) bond motifs is 1. The standard InChI is InChI=1S/C15H21N3O3/c1-20-14(19)11-18-9-10-21-13-4-2-3-12(15(13)18)17-7-5-16-6-8-17/h2-4,16H,5-11H2,1H3. The highest BCUT2D eigenvalue weighted by Gasteiger charge is 2.26. The van der Waals surface area contributed by atoms with E-state index in [0.29, 0.717) is 13.2 Å². The van der Waals surface area contributed by atoms with Crippen molar-refractivity contribution in [3.63, 3.8) is 0 Å². The molecule has 0 aromatic heterocycles. The Morgan fingerprint density at radius 2 is 2.14 bits per heavy atom. The van der Waals surface area contributed by atoms with Crippen LogP contribution in [-0.4, -0.2) is 59.0 Å². The molecule has 114 valence electrons. The number of anilines is 2. The van der Waals surface area contributed by atoms with Crippen molar-refractivity contribution in [2.75, 3.05) is 62.8 Å². The van der Waals surface area contributed by atoms with Gasteiger partial charge in [-0.15, -0.1) is 0 Å². The third-order valence-corrected chi connectivity index (χ3v) is 3.92. The number of hydrogen-bond acceptors (Lipinski definition) is 6. The minimum absolute atomic E-state index is 0.224. The fraction of sp³-hybridized carbons (Fsp3) is 0.533. The predicted molar refractivity (Wildman–Crippen MR) is 81.2 cm³/mol. The van der Waals surface area contributed by atoms with Crippen LogP contribution in [0.5, 0.6) is 5.75 Å². The zero-order chi connectivity index (χ0) is 14.7.